The van der Waals surface area contributed by atoms with Crippen LogP contribution in [-0.4, -0.2) is 37.5 Å². The third-order valence-electron chi connectivity index (χ3n) is 3.62. The topological polar surface area (TPSA) is 47.9 Å². The number of unbranched alkanes of at least 4 members (excludes halogenated alkanes) is 3. The molecule has 0 aliphatic rings. The maximum Gasteiger partial charge on any atom is 0.288 e. The van der Waals surface area contributed by atoms with Crippen molar-refractivity contribution in [1.29, 1.82) is 0 Å². The first kappa shape index (κ1) is 20.8. The summed E-state index contributed by atoms with van der Waals surface area (Å²) in [5.74, 6) is -1.23. The van der Waals surface area contributed by atoms with Crippen LogP contribution in [0.5, 0.6) is 0 Å². The van der Waals surface area contributed by atoms with Crippen molar-refractivity contribution >= 4 is 0 Å². The fourth-order valence-corrected chi connectivity index (χ4v) is 2.05. The lowest BCUT2D eigenvalue weighted by atomic mass is 10.0. The largest absolute Gasteiger partial charge is 0.396 e. The van der Waals surface area contributed by atoms with E-state index in [4.69, 9.17) is 14.2 Å². The molecule has 0 aromatic heterocycles. The van der Waals surface area contributed by atoms with E-state index in [2.05, 4.69) is 20.8 Å². The molecule has 21 heavy (non-hydrogen) atoms. The van der Waals surface area contributed by atoms with E-state index in [1.54, 1.807) is 0 Å². The minimum atomic E-state index is -1.08. The van der Waals surface area contributed by atoms with Crippen molar-refractivity contribution in [2.24, 2.45) is 5.92 Å². The zero-order valence-electron chi connectivity index (χ0n) is 14.5. The van der Waals surface area contributed by atoms with Crippen molar-refractivity contribution in [3.8, 4) is 0 Å². The maximum absolute atomic E-state index is 9.69. The molecule has 128 valence electrons. The van der Waals surface area contributed by atoms with Gasteiger partial charge in [0, 0.05) is 0 Å². The van der Waals surface area contributed by atoms with Gasteiger partial charge in [0.25, 0.3) is 5.97 Å². The van der Waals surface area contributed by atoms with Gasteiger partial charge >= 0.3 is 0 Å². The molecule has 4 heteroatoms. The summed E-state index contributed by atoms with van der Waals surface area (Å²) in [7, 11) is 0. The predicted octanol–water partition coefficient (Wildman–Crippen LogP) is 4.11. The second-order valence-electron chi connectivity index (χ2n) is 5.50. The smallest absolute Gasteiger partial charge is 0.288 e. The maximum atomic E-state index is 9.69. The molecule has 1 N–H and O–H groups in total. The summed E-state index contributed by atoms with van der Waals surface area (Å²) in [4.78, 5) is 0. The van der Waals surface area contributed by atoms with Crippen molar-refractivity contribution in [2.45, 2.75) is 78.6 Å². The molecule has 0 aliphatic carbocycles. The molecule has 0 bridgehead atoms. The molecule has 0 aromatic rings. The normalized spacial score (nSPS) is 13.6. The Hall–Kier alpha value is -0.160. The third kappa shape index (κ3) is 8.15. The Kier molecular flexibility index (Phi) is 13.4. The van der Waals surface area contributed by atoms with Crippen molar-refractivity contribution in [2.75, 3.05) is 26.4 Å². The Morgan fingerprint density at radius 3 is 1.38 bits per heavy atom. The number of aliphatic hydroxyl groups is 1. The number of hydrogen-bond donors (Lipinski definition) is 1. The molecule has 0 saturated carbocycles. The number of aliphatic hydroxyl groups excluding tert-OH is 1. The van der Waals surface area contributed by atoms with Crippen molar-refractivity contribution in [1.82, 2.24) is 0 Å². The summed E-state index contributed by atoms with van der Waals surface area (Å²) in [5.41, 5.74) is 0. The van der Waals surface area contributed by atoms with Gasteiger partial charge in [0.15, 0.2) is 0 Å². The Bertz CT molecular complexity index is 190. The van der Waals surface area contributed by atoms with Gasteiger partial charge in [0.05, 0.1) is 32.3 Å². The van der Waals surface area contributed by atoms with E-state index in [1.165, 1.54) is 0 Å². The minimum Gasteiger partial charge on any atom is -0.396 e. The van der Waals surface area contributed by atoms with E-state index < -0.39 is 5.97 Å². The molecular formula is C17H36O4. The molecule has 0 saturated heterocycles. The quantitative estimate of drug-likeness (QED) is 0.365. The highest BCUT2D eigenvalue weighted by atomic mass is 16.9. The van der Waals surface area contributed by atoms with Crippen LogP contribution in [-0.2, 0) is 14.2 Å². The summed E-state index contributed by atoms with van der Waals surface area (Å²) in [6.45, 7) is 10.2. The van der Waals surface area contributed by atoms with E-state index in [0.29, 0.717) is 19.8 Å². The minimum absolute atomic E-state index is 0.0148. The van der Waals surface area contributed by atoms with Gasteiger partial charge < -0.3 is 19.3 Å². The van der Waals surface area contributed by atoms with Crippen molar-refractivity contribution in [3.63, 3.8) is 0 Å². The zero-order chi connectivity index (χ0) is 16.0. The summed E-state index contributed by atoms with van der Waals surface area (Å²) >= 11 is 0. The molecule has 0 aromatic carbocycles. The van der Waals surface area contributed by atoms with Gasteiger partial charge in [0.1, 0.15) is 0 Å². The summed E-state index contributed by atoms with van der Waals surface area (Å²) in [6, 6.07) is 0. The number of ether oxygens (including phenoxy) is 3. The van der Waals surface area contributed by atoms with Crippen LogP contribution in [0.1, 0.15) is 72.6 Å². The molecule has 1 atom stereocenters. The lowest BCUT2D eigenvalue weighted by Crippen LogP contribution is -2.48. The molecule has 0 heterocycles. The summed E-state index contributed by atoms with van der Waals surface area (Å²) in [6.07, 6.45) is 6.87. The van der Waals surface area contributed by atoms with Crippen LogP contribution in [0.3, 0.4) is 0 Å². The lowest BCUT2D eigenvalue weighted by molar-refractivity contribution is -0.408. The molecular weight excluding hydrogens is 268 g/mol. The van der Waals surface area contributed by atoms with E-state index in [1.807, 2.05) is 6.92 Å². The van der Waals surface area contributed by atoms with Crippen LogP contribution in [0.25, 0.3) is 0 Å². The van der Waals surface area contributed by atoms with E-state index in [-0.39, 0.29) is 12.5 Å². The van der Waals surface area contributed by atoms with Crippen molar-refractivity contribution < 1.29 is 19.3 Å². The Morgan fingerprint density at radius 2 is 1.14 bits per heavy atom. The third-order valence-corrected chi connectivity index (χ3v) is 3.62. The summed E-state index contributed by atoms with van der Waals surface area (Å²) in [5, 5.41) is 9.69. The fraction of sp³-hybridized carbons (Fsp3) is 1.00. The highest BCUT2D eigenvalue weighted by molar-refractivity contribution is 4.70. The van der Waals surface area contributed by atoms with Crippen LogP contribution in [0.2, 0.25) is 0 Å². The standard InChI is InChI=1S/C17H36O4/c1-5-9-12-19-17(16(8-4)15-18,20-13-10-6-2)21-14-11-7-3/h16,18H,5-15H2,1-4H3. The first-order valence-corrected chi connectivity index (χ1v) is 8.73. The van der Waals surface area contributed by atoms with Crippen LogP contribution >= 0.6 is 0 Å². The van der Waals surface area contributed by atoms with E-state index in [0.717, 1.165) is 44.9 Å². The van der Waals surface area contributed by atoms with Gasteiger partial charge in [-0.2, -0.15) is 0 Å². The van der Waals surface area contributed by atoms with Crippen LogP contribution in [0, 0.1) is 5.92 Å². The van der Waals surface area contributed by atoms with Gasteiger partial charge in [-0.1, -0.05) is 47.0 Å². The first-order valence-electron chi connectivity index (χ1n) is 8.73. The second kappa shape index (κ2) is 13.5. The molecule has 0 fully saturated rings. The molecule has 0 spiro atoms. The molecule has 4 nitrogen and oxygen atoms in total. The molecule has 0 radical (unpaired) electrons. The van der Waals surface area contributed by atoms with E-state index in [9.17, 15) is 5.11 Å². The van der Waals surface area contributed by atoms with Crippen molar-refractivity contribution in [3.05, 3.63) is 0 Å². The van der Waals surface area contributed by atoms with Crippen LogP contribution in [0.15, 0.2) is 0 Å². The monoisotopic (exact) mass is 304 g/mol. The average Bonchev–Trinajstić information content (AvgIpc) is 2.49. The average molecular weight is 304 g/mol. The van der Waals surface area contributed by atoms with Gasteiger partial charge in [-0.3, -0.25) is 0 Å². The fourth-order valence-electron chi connectivity index (χ4n) is 2.05. The molecule has 0 amide bonds. The number of rotatable bonds is 15. The van der Waals surface area contributed by atoms with Gasteiger partial charge in [-0.25, -0.2) is 0 Å². The van der Waals surface area contributed by atoms with Gasteiger partial charge in [0.2, 0.25) is 0 Å². The number of hydrogen-bond acceptors (Lipinski definition) is 4. The van der Waals surface area contributed by atoms with Crippen LogP contribution < -0.4 is 0 Å². The van der Waals surface area contributed by atoms with Gasteiger partial charge in [-0.05, 0) is 25.7 Å². The van der Waals surface area contributed by atoms with E-state index >= 15 is 0 Å². The molecule has 1 unspecified atom stereocenters. The zero-order valence-corrected chi connectivity index (χ0v) is 14.5. The second-order valence-corrected chi connectivity index (χ2v) is 5.50. The van der Waals surface area contributed by atoms with Crippen LogP contribution in [0.4, 0.5) is 0 Å². The molecule has 0 aliphatic heterocycles. The Morgan fingerprint density at radius 1 is 0.762 bits per heavy atom. The molecule has 0 rings (SSSR count). The highest BCUT2D eigenvalue weighted by Crippen LogP contribution is 2.29. The predicted molar refractivity (Wildman–Crippen MR) is 86.2 cm³/mol. The summed E-state index contributed by atoms with van der Waals surface area (Å²) < 4.78 is 18.0. The highest BCUT2D eigenvalue weighted by Gasteiger charge is 2.41. The van der Waals surface area contributed by atoms with Gasteiger partial charge in [-0.15, -0.1) is 0 Å². The Balaban J connectivity index is 4.85. The first-order chi connectivity index (χ1) is 10.2. The Labute approximate surface area is 131 Å². The lowest BCUT2D eigenvalue weighted by Gasteiger charge is -2.38. The SMILES string of the molecule is CCCCOC(OCCCC)(OCCCC)C(CC)CO.